The number of rotatable bonds is 3. The second-order valence-electron chi connectivity index (χ2n) is 4.51. The van der Waals surface area contributed by atoms with Gasteiger partial charge in [-0.3, -0.25) is 19.5 Å². The van der Waals surface area contributed by atoms with Crippen LogP contribution in [-0.4, -0.2) is 35.7 Å². The molecule has 0 spiro atoms. The first kappa shape index (κ1) is 13.0. The highest BCUT2D eigenvalue weighted by Crippen LogP contribution is 2.19. The molecule has 0 unspecified atom stereocenters. The van der Waals surface area contributed by atoms with Gasteiger partial charge in [-0.2, -0.15) is 10.2 Å². The van der Waals surface area contributed by atoms with Crippen molar-refractivity contribution in [2.75, 3.05) is 5.32 Å². The summed E-state index contributed by atoms with van der Waals surface area (Å²) in [6.45, 7) is 1.80. The van der Waals surface area contributed by atoms with E-state index in [0.29, 0.717) is 11.4 Å². The largest absolute Gasteiger partial charge is 0.401 e. The Morgan fingerprint density at radius 3 is 2.67 bits per heavy atom. The number of aryl methyl sites for hydroxylation is 3. The lowest BCUT2D eigenvalue weighted by atomic mass is 10.2. The normalized spacial score (nSPS) is 10.8. The lowest BCUT2D eigenvalue weighted by molar-refractivity contribution is 0.101. The van der Waals surface area contributed by atoms with E-state index in [1.54, 1.807) is 44.2 Å². The van der Waals surface area contributed by atoms with Crippen LogP contribution >= 0.6 is 0 Å². The second kappa shape index (κ2) is 4.85. The second-order valence-corrected chi connectivity index (χ2v) is 4.51. The summed E-state index contributed by atoms with van der Waals surface area (Å²) in [4.78, 5) is 12.2. The fourth-order valence-electron chi connectivity index (χ4n) is 1.99. The number of aromatic nitrogens is 6. The summed E-state index contributed by atoms with van der Waals surface area (Å²) in [6, 6.07) is 1.77. The van der Waals surface area contributed by atoms with Crippen LogP contribution in [0.1, 0.15) is 16.1 Å². The van der Waals surface area contributed by atoms with Gasteiger partial charge in [-0.25, -0.2) is 0 Å². The first-order valence-electron chi connectivity index (χ1n) is 6.18. The van der Waals surface area contributed by atoms with E-state index in [0.717, 1.165) is 5.56 Å². The van der Waals surface area contributed by atoms with Gasteiger partial charge in [0.05, 0.1) is 6.20 Å². The lowest BCUT2D eigenvalue weighted by Crippen LogP contribution is -2.17. The monoisotopic (exact) mass is 287 g/mol. The molecule has 1 amide bonds. The molecule has 0 aliphatic heterocycles. The minimum Gasteiger partial charge on any atom is -0.401 e. The summed E-state index contributed by atoms with van der Waals surface area (Å²) in [6.07, 6.45) is 3.24. The summed E-state index contributed by atoms with van der Waals surface area (Å²) in [7, 11) is 3.45. The molecule has 0 saturated carbocycles. The molecular weight excluding hydrogens is 274 g/mol. The van der Waals surface area contributed by atoms with Gasteiger partial charge in [0.1, 0.15) is 11.4 Å². The van der Waals surface area contributed by atoms with Crippen molar-refractivity contribution in [3.63, 3.8) is 0 Å². The zero-order valence-corrected chi connectivity index (χ0v) is 11.7. The molecule has 9 nitrogen and oxygen atoms in total. The minimum atomic E-state index is -0.354. The smallest absolute Gasteiger partial charge is 0.322 e. The van der Waals surface area contributed by atoms with Crippen LogP contribution < -0.4 is 5.32 Å². The molecule has 0 fully saturated rings. The van der Waals surface area contributed by atoms with Gasteiger partial charge in [0.15, 0.2) is 0 Å². The predicted octanol–water partition coefficient (Wildman–Crippen LogP) is 0.764. The van der Waals surface area contributed by atoms with Gasteiger partial charge >= 0.3 is 6.01 Å². The molecule has 3 heterocycles. The number of nitrogens with one attached hydrogen (secondary N) is 1. The Bertz CT molecular complexity index is 779. The summed E-state index contributed by atoms with van der Waals surface area (Å²) >= 11 is 0. The topological polar surface area (TPSA) is 104 Å². The number of anilines is 1. The molecule has 0 radical (unpaired) electrons. The molecule has 0 atom stereocenters. The summed E-state index contributed by atoms with van der Waals surface area (Å²) in [5.41, 5.74) is 1.87. The first-order valence-corrected chi connectivity index (χ1v) is 6.18. The number of hydrogen-bond donors (Lipinski definition) is 1. The highest BCUT2D eigenvalue weighted by molar-refractivity contribution is 6.02. The fraction of sp³-hybridized carbons (Fsp3) is 0.250. The molecule has 0 aliphatic rings. The van der Waals surface area contributed by atoms with Crippen LogP contribution in [0.25, 0.3) is 11.6 Å². The van der Waals surface area contributed by atoms with Crippen LogP contribution in [0.3, 0.4) is 0 Å². The Balaban J connectivity index is 1.82. The Labute approximate surface area is 119 Å². The molecule has 108 valence electrons. The minimum absolute atomic E-state index is 0.0248. The Hall–Kier alpha value is -2.97. The molecule has 0 aromatic carbocycles. The van der Waals surface area contributed by atoms with Crippen molar-refractivity contribution in [2.45, 2.75) is 6.92 Å². The standard InChI is InChI=1S/C12H13N7O2/c1-7-6-14-19(3)9(7)10(20)15-12-17-16-11(21-12)8-4-5-13-18(8)2/h4-6H,1-3H3,(H,15,17,20). The molecule has 9 heteroatoms. The van der Waals surface area contributed by atoms with Crippen molar-refractivity contribution in [3.05, 3.63) is 29.7 Å². The van der Waals surface area contributed by atoms with Gasteiger partial charge in [-0.05, 0) is 18.6 Å². The van der Waals surface area contributed by atoms with Crippen molar-refractivity contribution < 1.29 is 9.21 Å². The summed E-state index contributed by atoms with van der Waals surface area (Å²) < 4.78 is 8.50. The van der Waals surface area contributed by atoms with Gasteiger partial charge in [-0.15, -0.1) is 5.10 Å². The lowest BCUT2D eigenvalue weighted by Gasteiger charge is -2.02. The molecule has 0 aliphatic carbocycles. The van der Waals surface area contributed by atoms with Gasteiger partial charge in [-0.1, -0.05) is 5.10 Å². The maximum absolute atomic E-state index is 12.2. The van der Waals surface area contributed by atoms with Crippen molar-refractivity contribution >= 4 is 11.9 Å². The predicted molar refractivity (Wildman–Crippen MR) is 72.4 cm³/mol. The molecule has 3 rings (SSSR count). The van der Waals surface area contributed by atoms with E-state index in [9.17, 15) is 4.79 Å². The van der Waals surface area contributed by atoms with Crippen LogP contribution in [0.5, 0.6) is 0 Å². The third-order valence-electron chi connectivity index (χ3n) is 3.02. The van der Waals surface area contributed by atoms with Gasteiger partial charge in [0, 0.05) is 20.3 Å². The molecule has 3 aromatic heterocycles. The quantitative estimate of drug-likeness (QED) is 0.762. The van der Waals surface area contributed by atoms with E-state index >= 15 is 0 Å². The van der Waals surface area contributed by atoms with Crippen LogP contribution in [0.15, 0.2) is 22.9 Å². The first-order chi connectivity index (χ1) is 10.1. The van der Waals surface area contributed by atoms with E-state index in [2.05, 4.69) is 25.7 Å². The summed E-state index contributed by atoms with van der Waals surface area (Å²) in [5.74, 6) is -0.0697. The highest BCUT2D eigenvalue weighted by Gasteiger charge is 2.18. The van der Waals surface area contributed by atoms with E-state index in [-0.39, 0.29) is 17.8 Å². The van der Waals surface area contributed by atoms with Crippen molar-refractivity contribution in [3.8, 4) is 11.6 Å². The van der Waals surface area contributed by atoms with Crippen LogP contribution in [-0.2, 0) is 14.1 Å². The molecule has 1 N–H and O–H groups in total. The average Bonchev–Trinajstić information content (AvgIpc) is 3.11. The highest BCUT2D eigenvalue weighted by atomic mass is 16.4. The average molecular weight is 287 g/mol. The van der Waals surface area contributed by atoms with Crippen molar-refractivity contribution in [1.29, 1.82) is 0 Å². The SMILES string of the molecule is Cc1cnn(C)c1C(=O)Nc1nnc(-c2ccnn2C)o1. The van der Waals surface area contributed by atoms with Gasteiger partial charge < -0.3 is 4.42 Å². The van der Waals surface area contributed by atoms with E-state index in [1.165, 1.54) is 4.68 Å². The van der Waals surface area contributed by atoms with Gasteiger partial charge in [0.25, 0.3) is 11.8 Å². The third-order valence-corrected chi connectivity index (χ3v) is 3.02. The Morgan fingerprint density at radius 2 is 2.05 bits per heavy atom. The Kier molecular flexibility index (Phi) is 3.01. The van der Waals surface area contributed by atoms with Crippen LogP contribution in [0.2, 0.25) is 0 Å². The molecule has 21 heavy (non-hydrogen) atoms. The summed E-state index contributed by atoms with van der Waals surface area (Å²) in [5, 5.41) is 18.3. The van der Waals surface area contributed by atoms with E-state index in [4.69, 9.17) is 4.42 Å². The zero-order valence-electron chi connectivity index (χ0n) is 11.7. The van der Waals surface area contributed by atoms with Gasteiger partial charge in [0.2, 0.25) is 0 Å². The van der Waals surface area contributed by atoms with E-state index in [1.807, 2.05) is 0 Å². The molecule has 3 aromatic rings. The number of carbonyl (C=O) groups excluding carboxylic acids is 1. The molecule has 0 bridgehead atoms. The number of nitrogens with zero attached hydrogens (tertiary/aromatic N) is 6. The fourth-order valence-corrected chi connectivity index (χ4v) is 1.99. The maximum atomic E-state index is 12.2. The van der Waals surface area contributed by atoms with Crippen molar-refractivity contribution in [2.24, 2.45) is 14.1 Å². The molecular formula is C12H13N7O2. The van der Waals surface area contributed by atoms with Crippen molar-refractivity contribution in [1.82, 2.24) is 29.8 Å². The zero-order chi connectivity index (χ0) is 15.0. The van der Waals surface area contributed by atoms with Crippen LogP contribution in [0.4, 0.5) is 6.01 Å². The molecule has 0 saturated heterocycles. The van der Waals surface area contributed by atoms with Crippen LogP contribution in [0, 0.1) is 6.92 Å². The number of hydrogen-bond acceptors (Lipinski definition) is 6. The third kappa shape index (κ3) is 2.29. The van der Waals surface area contributed by atoms with E-state index < -0.39 is 0 Å². The number of carbonyl (C=O) groups is 1. The Morgan fingerprint density at radius 1 is 1.24 bits per heavy atom. The number of amides is 1. The maximum Gasteiger partial charge on any atom is 0.322 e.